The summed E-state index contributed by atoms with van der Waals surface area (Å²) in [5.41, 5.74) is 1.40. The van der Waals surface area contributed by atoms with Gasteiger partial charge >= 0.3 is 5.97 Å². The largest absolute Gasteiger partial charge is 0.463 e. The summed E-state index contributed by atoms with van der Waals surface area (Å²) in [6.07, 6.45) is 0. The topological polar surface area (TPSA) is 101 Å². The molecule has 0 radical (unpaired) electrons. The molecule has 0 N–H and O–H groups in total. The lowest BCUT2D eigenvalue weighted by atomic mass is 9.43. The summed E-state index contributed by atoms with van der Waals surface area (Å²) in [5.74, 6) is -7.50. The van der Waals surface area contributed by atoms with Crippen molar-refractivity contribution < 1.29 is 28.7 Å². The fourth-order valence-electron chi connectivity index (χ4n) is 7.76. The molecule has 10 heteroatoms. The molecular weight excluding hydrogens is 567 g/mol. The number of anilines is 2. The van der Waals surface area contributed by atoms with E-state index in [-0.39, 0.29) is 12.2 Å². The van der Waals surface area contributed by atoms with Crippen LogP contribution in [0.25, 0.3) is 0 Å². The van der Waals surface area contributed by atoms with Crippen molar-refractivity contribution in [3.63, 3.8) is 0 Å². The number of nitrogens with zero attached hydrogens (tertiary/aromatic N) is 2. The molecule has 2 heterocycles. The van der Waals surface area contributed by atoms with Gasteiger partial charge in [-0.15, -0.1) is 0 Å². The Hall–Kier alpha value is -3.49. The highest BCUT2D eigenvalue weighted by atomic mass is 35.5. The number of rotatable bonds is 4. The van der Waals surface area contributed by atoms with Crippen molar-refractivity contribution in [1.82, 2.24) is 0 Å². The highest BCUT2D eigenvalue weighted by Gasteiger charge is 2.77. The summed E-state index contributed by atoms with van der Waals surface area (Å²) in [6.45, 7) is 8.73. The van der Waals surface area contributed by atoms with Gasteiger partial charge in [-0.3, -0.25) is 19.2 Å². The van der Waals surface area contributed by atoms with Crippen molar-refractivity contribution in [2.24, 2.45) is 35.0 Å². The number of hydrogen-bond acceptors (Lipinski definition) is 6. The summed E-state index contributed by atoms with van der Waals surface area (Å²) < 4.78 is 5.42. The number of aryl methyl sites for hydroxylation is 2. The quantitative estimate of drug-likeness (QED) is 0.362. The molecule has 2 unspecified atom stereocenters. The first kappa shape index (κ1) is 27.7. The van der Waals surface area contributed by atoms with Gasteiger partial charge in [-0.1, -0.05) is 47.8 Å². The van der Waals surface area contributed by atoms with Gasteiger partial charge in [-0.2, -0.15) is 0 Å². The zero-order valence-corrected chi connectivity index (χ0v) is 24.7. The Morgan fingerprint density at radius 1 is 0.780 bits per heavy atom. The van der Waals surface area contributed by atoms with E-state index in [1.807, 2.05) is 13.8 Å². The van der Waals surface area contributed by atoms with Gasteiger partial charge in [0.05, 0.1) is 41.7 Å². The number of ether oxygens (including phenoxy) is 1. The van der Waals surface area contributed by atoms with Gasteiger partial charge in [0.2, 0.25) is 23.6 Å². The molecule has 2 aromatic carbocycles. The number of allylic oxidation sites excluding steroid dienone is 1. The monoisotopic (exact) mass is 594 g/mol. The molecule has 8 nitrogen and oxygen atoms in total. The molecule has 2 saturated heterocycles. The lowest BCUT2D eigenvalue weighted by Gasteiger charge is -2.55. The summed E-state index contributed by atoms with van der Waals surface area (Å²) in [6, 6.07) is 9.84. The van der Waals surface area contributed by atoms with Crippen LogP contribution in [0.2, 0.25) is 10.0 Å². The predicted octanol–water partition coefficient (Wildman–Crippen LogP) is 5.05. The van der Waals surface area contributed by atoms with Crippen molar-refractivity contribution in [2.45, 2.75) is 34.6 Å². The van der Waals surface area contributed by atoms with Crippen molar-refractivity contribution in [1.29, 1.82) is 0 Å². The second-order valence-electron chi connectivity index (χ2n) is 11.5. The Labute approximate surface area is 247 Å². The molecule has 0 spiro atoms. The first-order valence-electron chi connectivity index (χ1n) is 13.5. The number of benzene rings is 2. The van der Waals surface area contributed by atoms with E-state index < -0.39 is 64.6 Å². The Bertz CT molecular complexity index is 1530. The van der Waals surface area contributed by atoms with Gasteiger partial charge in [0.25, 0.3) is 0 Å². The molecule has 2 aromatic rings. The van der Waals surface area contributed by atoms with Crippen molar-refractivity contribution >= 4 is 64.2 Å². The zero-order valence-electron chi connectivity index (χ0n) is 23.2. The molecule has 3 aliphatic carbocycles. The fourth-order valence-corrected chi connectivity index (χ4v) is 8.11. The molecule has 2 aliphatic heterocycles. The molecule has 212 valence electrons. The van der Waals surface area contributed by atoms with Crippen molar-refractivity contribution in [3.05, 3.63) is 68.7 Å². The molecule has 7 rings (SSSR count). The number of imide groups is 2. The lowest BCUT2D eigenvalue weighted by Crippen LogP contribution is -2.61. The summed E-state index contributed by atoms with van der Waals surface area (Å²) >= 11 is 12.7. The fraction of sp³-hybridized carbons (Fsp3) is 0.387. The molecule has 5 aliphatic rings. The minimum atomic E-state index is -1.48. The average Bonchev–Trinajstić information content (AvgIpc) is 3.34. The summed E-state index contributed by atoms with van der Waals surface area (Å²) in [7, 11) is 0. The third kappa shape index (κ3) is 3.50. The van der Waals surface area contributed by atoms with Gasteiger partial charge in [0.15, 0.2) is 0 Å². The Balaban J connectivity index is 1.54. The zero-order chi connectivity index (χ0) is 29.7. The van der Waals surface area contributed by atoms with Crippen molar-refractivity contribution in [2.75, 3.05) is 16.4 Å². The van der Waals surface area contributed by atoms with Crippen LogP contribution in [-0.4, -0.2) is 36.2 Å². The summed E-state index contributed by atoms with van der Waals surface area (Å²) in [4.78, 5) is 72.4. The van der Waals surface area contributed by atoms with Crippen LogP contribution in [0.5, 0.6) is 0 Å². The molecule has 1 saturated carbocycles. The third-order valence-corrected chi connectivity index (χ3v) is 10.3. The molecular formula is C31H28Cl2N2O6. The van der Waals surface area contributed by atoms with Crippen LogP contribution in [0.4, 0.5) is 11.4 Å². The van der Waals surface area contributed by atoms with Gasteiger partial charge in [0, 0.05) is 27.0 Å². The molecule has 41 heavy (non-hydrogen) atoms. The molecule has 2 bridgehead atoms. The van der Waals surface area contributed by atoms with E-state index in [9.17, 15) is 24.0 Å². The maximum absolute atomic E-state index is 14.2. The first-order valence-corrected chi connectivity index (χ1v) is 14.3. The average molecular weight is 595 g/mol. The van der Waals surface area contributed by atoms with Crippen LogP contribution in [0, 0.1) is 48.9 Å². The molecule has 6 atom stereocenters. The third-order valence-electron chi connectivity index (χ3n) is 9.51. The first-order chi connectivity index (χ1) is 19.4. The number of amides is 4. The van der Waals surface area contributed by atoms with Gasteiger partial charge in [-0.25, -0.2) is 14.6 Å². The number of carbonyl (C=O) groups is 5. The smallest absolute Gasteiger partial charge is 0.334 e. The van der Waals surface area contributed by atoms with Gasteiger partial charge < -0.3 is 4.74 Å². The Morgan fingerprint density at radius 3 is 1.61 bits per heavy atom. The second kappa shape index (κ2) is 9.26. The van der Waals surface area contributed by atoms with E-state index in [2.05, 4.69) is 0 Å². The van der Waals surface area contributed by atoms with Crippen LogP contribution < -0.4 is 9.80 Å². The van der Waals surface area contributed by atoms with Crippen LogP contribution in [0.1, 0.15) is 31.9 Å². The van der Waals surface area contributed by atoms with E-state index in [1.54, 1.807) is 57.2 Å². The van der Waals surface area contributed by atoms with E-state index in [1.165, 1.54) is 0 Å². The maximum Gasteiger partial charge on any atom is 0.334 e. The standard InChI is InChI=1S/C31H28Cl2N2O6/c1-6-41-30(40)23-15(4)20-21-24(28(38)34(26(21)36)16-9-7-13(2)18(32)11-16)31(23,5)25-22(20)27(37)35(29(25)39)17-10-8-14(3)19(33)12-17/h7-12,20-22,24-25H,6H2,1-5H3/t20?,21-,22-,24-,25+,31?/m0/s1. The molecule has 3 fully saturated rings. The van der Waals surface area contributed by atoms with E-state index in [0.717, 1.165) is 20.9 Å². The number of carbonyl (C=O) groups excluding carboxylic acids is 5. The second-order valence-corrected chi connectivity index (χ2v) is 12.3. The van der Waals surface area contributed by atoms with E-state index in [4.69, 9.17) is 27.9 Å². The Morgan fingerprint density at radius 2 is 1.22 bits per heavy atom. The van der Waals surface area contributed by atoms with E-state index in [0.29, 0.717) is 27.0 Å². The predicted molar refractivity (Wildman–Crippen MR) is 152 cm³/mol. The van der Waals surface area contributed by atoms with Crippen LogP contribution in [0.3, 0.4) is 0 Å². The normalized spacial score (nSPS) is 30.4. The minimum Gasteiger partial charge on any atom is -0.463 e. The SMILES string of the molecule is CCOC(=O)C1=C(C)C2[C@@H]3C(=O)N(c4ccc(C)c(Cl)c4)C(=O)[C@H]3C1(C)[C@H]1C(=O)N(c3ccc(C)c(Cl)c3)C(=O)[C@@H]21. The maximum atomic E-state index is 14.2. The number of esters is 1. The van der Waals surface area contributed by atoms with Gasteiger partial charge in [0.1, 0.15) is 0 Å². The molecule has 4 amide bonds. The summed E-state index contributed by atoms with van der Waals surface area (Å²) in [5, 5.41) is 0.784. The van der Waals surface area contributed by atoms with E-state index >= 15 is 0 Å². The molecule has 0 aromatic heterocycles. The van der Waals surface area contributed by atoms with Crippen LogP contribution in [-0.2, 0) is 28.7 Å². The number of halogens is 2. The van der Waals surface area contributed by atoms with Crippen molar-refractivity contribution in [3.8, 4) is 0 Å². The Kier molecular flexibility index (Phi) is 6.25. The minimum absolute atomic E-state index is 0.0836. The van der Waals surface area contributed by atoms with Crippen LogP contribution in [0.15, 0.2) is 47.5 Å². The van der Waals surface area contributed by atoms with Crippen LogP contribution >= 0.6 is 23.2 Å². The van der Waals surface area contributed by atoms with Gasteiger partial charge in [-0.05, 0) is 63.1 Å². The number of hydrogen-bond donors (Lipinski definition) is 0. The highest BCUT2D eigenvalue weighted by molar-refractivity contribution is 6.33. The lowest BCUT2D eigenvalue weighted by molar-refractivity contribution is -0.155. The highest BCUT2D eigenvalue weighted by Crippen LogP contribution is 2.68.